The average Bonchev–Trinajstić information content (AvgIpc) is 2.72. The topological polar surface area (TPSA) is 55.4 Å². The van der Waals surface area contributed by atoms with Crippen LogP contribution in [0.4, 0.5) is 0 Å². The molecule has 0 amide bonds. The van der Waals surface area contributed by atoms with E-state index in [2.05, 4.69) is 18.8 Å². The summed E-state index contributed by atoms with van der Waals surface area (Å²) in [5, 5.41) is 3.49. The first-order valence-corrected chi connectivity index (χ1v) is 11.6. The van der Waals surface area contributed by atoms with Crippen LogP contribution in [0.1, 0.15) is 85.0 Å². The van der Waals surface area contributed by atoms with Gasteiger partial charge in [0.1, 0.15) is 5.78 Å². The first-order chi connectivity index (χ1) is 14.0. The van der Waals surface area contributed by atoms with Crippen LogP contribution < -0.4 is 5.32 Å². The smallest absolute Gasteiger partial charge is 0.305 e. The van der Waals surface area contributed by atoms with Gasteiger partial charge in [-0.3, -0.25) is 9.59 Å². The normalized spacial score (nSPS) is 19.4. The fraction of sp³-hybridized carbons (Fsp3) is 0.760. The van der Waals surface area contributed by atoms with Gasteiger partial charge in [-0.05, 0) is 64.0 Å². The van der Waals surface area contributed by atoms with E-state index in [0.717, 1.165) is 17.9 Å². The lowest BCUT2D eigenvalue weighted by molar-refractivity contribution is -0.143. The van der Waals surface area contributed by atoms with Crippen LogP contribution in [0.2, 0.25) is 0 Å². The second-order valence-corrected chi connectivity index (χ2v) is 8.72. The molecule has 0 spiro atoms. The van der Waals surface area contributed by atoms with Crippen LogP contribution in [0.3, 0.4) is 0 Å². The molecule has 1 rings (SSSR count). The molecule has 1 N–H and O–H groups in total. The van der Waals surface area contributed by atoms with Crippen LogP contribution >= 0.6 is 0 Å². The van der Waals surface area contributed by atoms with Crippen molar-refractivity contribution >= 4 is 11.8 Å². The fourth-order valence-electron chi connectivity index (χ4n) is 3.97. The van der Waals surface area contributed by atoms with E-state index >= 15 is 0 Å². The van der Waals surface area contributed by atoms with Crippen molar-refractivity contribution in [3.05, 3.63) is 24.3 Å². The number of allylic oxidation sites excluding steroid dienone is 2. The Labute approximate surface area is 178 Å². The highest BCUT2D eigenvalue weighted by Crippen LogP contribution is 2.22. The lowest BCUT2D eigenvalue weighted by Crippen LogP contribution is -2.29. The maximum absolute atomic E-state index is 12.7. The Bertz CT molecular complexity index is 520. The number of carbonyl (C=O) groups excluding carboxylic acids is 2. The predicted molar refractivity (Wildman–Crippen MR) is 121 cm³/mol. The maximum atomic E-state index is 12.7. The molecule has 0 aliphatic carbocycles. The summed E-state index contributed by atoms with van der Waals surface area (Å²) >= 11 is 0. The molecular weight excluding hydrogens is 362 g/mol. The van der Waals surface area contributed by atoms with E-state index in [4.69, 9.17) is 4.74 Å². The molecule has 2 unspecified atom stereocenters. The van der Waals surface area contributed by atoms with E-state index in [1.807, 2.05) is 19.1 Å². The predicted octanol–water partition coefficient (Wildman–Crippen LogP) is 5.62. The monoisotopic (exact) mass is 405 g/mol. The van der Waals surface area contributed by atoms with Gasteiger partial charge in [0.05, 0.1) is 6.61 Å². The van der Waals surface area contributed by atoms with Gasteiger partial charge in [-0.25, -0.2) is 0 Å². The molecule has 0 aromatic heterocycles. The standard InChI is InChI=1S/C25H43NO3/c1-5-9-23(18-21(4)15-17-29-25(28)6-2)24(27)14-13-20(3)10-7-11-22-12-8-16-26-19-22/h5,18,20,22-23,26H,1,6-17,19H2,2-4H3/b21-18+/t20-,22?,23?/m0/s1. The molecule has 0 bridgehead atoms. The van der Waals surface area contributed by atoms with Gasteiger partial charge in [0, 0.05) is 25.2 Å². The summed E-state index contributed by atoms with van der Waals surface area (Å²) in [4.78, 5) is 24.0. The van der Waals surface area contributed by atoms with Crippen molar-refractivity contribution in [2.45, 2.75) is 85.0 Å². The van der Waals surface area contributed by atoms with Crippen LogP contribution in [-0.4, -0.2) is 31.4 Å². The minimum absolute atomic E-state index is 0.102. The van der Waals surface area contributed by atoms with Crippen molar-refractivity contribution in [2.75, 3.05) is 19.7 Å². The van der Waals surface area contributed by atoms with Crippen LogP contribution in [0.5, 0.6) is 0 Å². The van der Waals surface area contributed by atoms with Crippen LogP contribution in [0, 0.1) is 17.8 Å². The first-order valence-electron chi connectivity index (χ1n) is 11.6. The number of piperidine rings is 1. The van der Waals surface area contributed by atoms with Gasteiger partial charge >= 0.3 is 5.97 Å². The molecule has 166 valence electrons. The molecule has 4 nitrogen and oxygen atoms in total. The van der Waals surface area contributed by atoms with Gasteiger partial charge < -0.3 is 10.1 Å². The number of esters is 1. The minimum atomic E-state index is -0.176. The average molecular weight is 406 g/mol. The molecule has 3 atom stereocenters. The number of ether oxygens (including phenoxy) is 1. The molecule has 1 aliphatic rings. The summed E-state index contributed by atoms with van der Waals surface area (Å²) in [5.41, 5.74) is 1.10. The molecule has 1 aliphatic heterocycles. The zero-order valence-corrected chi connectivity index (χ0v) is 19.0. The van der Waals surface area contributed by atoms with Crippen LogP contribution in [-0.2, 0) is 14.3 Å². The highest BCUT2D eigenvalue weighted by Gasteiger charge is 2.17. The first kappa shape index (κ1) is 25.6. The second-order valence-electron chi connectivity index (χ2n) is 8.72. The van der Waals surface area contributed by atoms with Gasteiger partial charge in [-0.1, -0.05) is 44.4 Å². The third-order valence-electron chi connectivity index (χ3n) is 5.96. The highest BCUT2D eigenvalue weighted by molar-refractivity contribution is 5.82. The van der Waals surface area contributed by atoms with Crippen LogP contribution in [0.25, 0.3) is 0 Å². The van der Waals surface area contributed by atoms with E-state index in [0.29, 0.717) is 44.0 Å². The molecule has 1 saturated heterocycles. The van der Waals surface area contributed by atoms with Crippen LogP contribution in [0.15, 0.2) is 24.3 Å². The Balaban J connectivity index is 2.33. The third-order valence-corrected chi connectivity index (χ3v) is 5.96. The Hall–Kier alpha value is -1.42. The zero-order valence-electron chi connectivity index (χ0n) is 19.0. The van der Waals surface area contributed by atoms with Crippen molar-refractivity contribution in [1.82, 2.24) is 5.32 Å². The van der Waals surface area contributed by atoms with Crippen molar-refractivity contribution in [3.63, 3.8) is 0 Å². The number of nitrogens with one attached hydrogen (secondary N) is 1. The third kappa shape index (κ3) is 12.0. The number of hydrogen-bond donors (Lipinski definition) is 1. The SMILES string of the molecule is C=CCC(/C=C(\C)CCOC(=O)CC)C(=O)CC[C@@H](C)CCCC1CCCNC1. The van der Waals surface area contributed by atoms with E-state index < -0.39 is 0 Å². The number of carbonyl (C=O) groups is 2. The fourth-order valence-corrected chi connectivity index (χ4v) is 3.97. The lowest BCUT2D eigenvalue weighted by atomic mass is 9.88. The maximum Gasteiger partial charge on any atom is 0.305 e. The number of ketones is 1. The number of rotatable bonds is 15. The van der Waals surface area contributed by atoms with Gasteiger partial charge in [-0.2, -0.15) is 0 Å². The molecule has 0 saturated carbocycles. The molecule has 0 radical (unpaired) electrons. The van der Waals surface area contributed by atoms with Gasteiger partial charge in [-0.15, -0.1) is 6.58 Å². The summed E-state index contributed by atoms with van der Waals surface area (Å²) in [5.74, 6) is 1.47. The Morgan fingerprint density at radius 1 is 1.28 bits per heavy atom. The largest absolute Gasteiger partial charge is 0.465 e. The van der Waals surface area contributed by atoms with E-state index in [1.54, 1.807) is 6.92 Å². The number of hydrogen-bond acceptors (Lipinski definition) is 4. The summed E-state index contributed by atoms with van der Waals surface area (Å²) in [6.07, 6.45) is 13.7. The highest BCUT2D eigenvalue weighted by atomic mass is 16.5. The minimum Gasteiger partial charge on any atom is -0.465 e. The van der Waals surface area contributed by atoms with E-state index in [-0.39, 0.29) is 11.9 Å². The molecule has 1 heterocycles. The Kier molecular flexibility index (Phi) is 13.6. The van der Waals surface area contributed by atoms with Crippen molar-refractivity contribution in [2.24, 2.45) is 17.8 Å². The number of Topliss-reactive ketones (excluding diaryl/α,β-unsaturated/α-hetero) is 1. The molecular formula is C25H43NO3. The zero-order chi connectivity index (χ0) is 21.5. The second kappa shape index (κ2) is 15.4. The van der Waals surface area contributed by atoms with Crippen molar-refractivity contribution < 1.29 is 14.3 Å². The van der Waals surface area contributed by atoms with Gasteiger partial charge in [0.2, 0.25) is 0 Å². The summed E-state index contributed by atoms with van der Waals surface area (Å²) < 4.78 is 5.14. The lowest BCUT2D eigenvalue weighted by Gasteiger charge is -2.23. The molecule has 0 aromatic rings. The van der Waals surface area contributed by atoms with E-state index in [9.17, 15) is 9.59 Å². The summed E-state index contributed by atoms with van der Waals surface area (Å²) in [6, 6.07) is 0. The molecule has 29 heavy (non-hydrogen) atoms. The quantitative estimate of drug-likeness (QED) is 0.284. The van der Waals surface area contributed by atoms with Gasteiger partial charge in [0.15, 0.2) is 0 Å². The molecule has 1 fully saturated rings. The van der Waals surface area contributed by atoms with Crippen molar-refractivity contribution in [1.29, 1.82) is 0 Å². The Morgan fingerprint density at radius 3 is 2.72 bits per heavy atom. The van der Waals surface area contributed by atoms with E-state index in [1.165, 1.54) is 45.2 Å². The molecule has 0 aromatic carbocycles. The Morgan fingerprint density at radius 2 is 2.07 bits per heavy atom. The molecule has 4 heteroatoms. The van der Waals surface area contributed by atoms with Crippen molar-refractivity contribution in [3.8, 4) is 0 Å². The summed E-state index contributed by atoms with van der Waals surface area (Å²) in [7, 11) is 0. The van der Waals surface area contributed by atoms with Gasteiger partial charge in [0.25, 0.3) is 0 Å². The summed E-state index contributed by atoms with van der Waals surface area (Å²) in [6.45, 7) is 12.6.